The molecule has 1 aromatic heterocycles. The number of hydrogen-bond donors (Lipinski definition) is 1. The summed E-state index contributed by atoms with van der Waals surface area (Å²) < 4.78 is 11.8. The lowest BCUT2D eigenvalue weighted by molar-refractivity contribution is -0.138. The molecular formula is C26H39N3O5. The van der Waals surface area contributed by atoms with Gasteiger partial charge in [-0.1, -0.05) is 19.8 Å². The van der Waals surface area contributed by atoms with Gasteiger partial charge in [0, 0.05) is 44.8 Å². The smallest absolute Gasteiger partial charge is 0.259 e. The highest BCUT2D eigenvalue weighted by Crippen LogP contribution is 2.36. The summed E-state index contributed by atoms with van der Waals surface area (Å²) in [6, 6.07) is 1.63. The molecule has 3 heterocycles. The summed E-state index contributed by atoms with van der Waals surface area (Å²) in [5, 5.41) is 9.85. The molecule has 2 fully saturated rings. The van der Waals surface area contributed by atoms with Gasteiger partial charge in [-0.2, -0.15) is 0 Å². The molecule has 4 rings (SSSR count). The summed E-state index contributed by atoms with van der Waals surface area (Å²) >= 11 is 0. The summed E-state index contributed by atoms with van der Waals surface area (Å²) in [5.74, 6) is 0.647. The van der Waals surface area contributed by atoms with Crippen LogP contribution in [0.25, 0.3) is 0 Å². The Morgan fingerprint density at radius 2 is 1.97 bits per heavy atom. The molecule has 1 aromatic rings. The minimum Gasteiger partial charge on any atom is -0.472 e. The fourth-order valence-corrected chi connectivity index (χ4v) is 5.43. The van der Waals surface area contributed by atoms with E-state index in [0.29, 0.717) is 43.7 Å². The molecule has 8 nitrogen and oxygen atoms in total. The van der Waals surface area contributed by atoms with Gasteiger partial charge in [-0.3, -0.25) is 9.59 Å². The lowest BCUT2D eigenvalue weighted by Gasteiger charge is -2.38. The van der Waals surface area contributed by atoms with Gasteiger partial charge in [-0.15, -0.1) is 0 Å². The third kappa shape index (κ3) is 5.38. The van der Waals surface area contributed by atoms with E-state index >= 15 is 0 Å². The predicted octanol–water partition coefficient (Wildman–Crippen LogP) is 2.84. The number of aliphatic hydroxyl groups excluding tert-OH is 1. The number of ether oxygens (including phenoxy) is 2. The zero-order chi connectivity index (χ0) is 24.2. The van der Waals surface area contributed by atoms with Gasteiger partial charge in [-0.25, -0.2) is 4.98 Å². The highest BCUT2D eigenvalue weighted by atomic mass is 16.5. The van der Waals surface area contributed by atoms with E-state index in [9.17, 15) is 14.7 Å². The molecule has 1 N–H and O–H groups in total. The fraction of sp³-hybridized carbons (Fsp3) is 0.731. The Bertz CT molecular complexity index is 866. The number of pyridine rings is 1. The van der Waals surface area contributed by atoms with Crippen molar-refractivity contribution in [1.29, 1.82) is 0 Å². The van der Waals surface area contributed by atoms with Crippen molar-refractivity contribution in [2.75, 3.05) is 40.0 Å². The number of fused-ring (bicyclic) bond motifs is 1. The van der Waals surface area contributed by atoms with Crippen LogP contribution in [0, 0.1) is 11.8 Å². The second-order valence-electron chi connectivity index (χ2n) is 10.3. The largest absolute Gasteiger partial charge is 0.472 e. The predicted molar refractivity (Wildman–Crippen MR) is 128 cm³/mol. The van der Waals surface area contributed by atoms with Gasteiger partial charge in [0.25, 0.3) is 5.91 Å². The number of rotatable bonds is 6. The number of carbonyl (C=O) groups excluding carboxylic acids is 2. The molecule has 0 radical (unpaired) electrons. The number of carbonyl (C=O) groups is 2. The van der Waals surface area contributed by atoms with Gasteiger partial charge in [0.2, 0.25) is 11.8 Å². The van der Waals surface area contributed by atoms with Crippen LogP contribution >= 0.6 is 0 Å². The second kappa shape index (κ2) is 11.0. The van der Waals surface area contributed by atoms with Gasteiger partial charge < -0.3 is 24.4 Å². The average Bonchev–Trinajstić information content (AvgIpc) is 3.40. The Labute approximate surface area is 202 Å². The van der Waals surface area contributed by atoms with E-state index < -0.39 is 0 Å². The fourth-order valence-electron chi connectivity index (χ4n) is 5.43. The van der Waals surface area contributed by atoms with Crippen LogP contribution in [0.5, 0.6) is 5.88 Å². The van der Waals surface area contributed by atoms with Crippen LogP contribution in [0.4, 0.5) is 0 Å². The van der Waals surface area contributed by atoms with Crippen molar-refractivity contribution in [1.82, 2.24) is 14.8 Å². The maximum Gasteiger partial charge on any atom is 0.259 e. The van der Waals surface area contributed by atoms with E-state index in [1.807, 2.05) is 33.2 Å². The third-order valence-electron chi connectivity index (χ3n) is 7.77. The number of nitrogens with zero attached hydrogens (tertiary/aromatic N) is 3. The van der Waals surface area contributed by atoms with E-state index in [-0.39, 0.29) is 42.4 Å². The molecule has 1 aliphatic carbocycles. The van der Waals surface area contributed by atoms with E-state index in [4.69, 9.17) is 9.47 Å². The molecule has 188 valence electrons. The summed E-state index contributed by atoms with van der Waals surface area (Å²) in [6.45, 7) is 5.87. The average molecular weight is 474 g/mol. The SMILES string of the molecule is C[C@H]1CN([C@@H](C)CO)C(=O)c2cc(C3CCCC3)cnc2O[C@@H]1CN(C)C(=O)C1CCOCC1. The number of amides is 2. The Morgan fingerprint density at radius 3 is 2.65 bits per heavy atom. The molecule has 1 saturated carbocycles. The monoisotopic (exact) mass is 473 g/mol. The van der Waals surface area contributed by atoms with Gasteiger partial charge in [0.1, 0.15) is 11.7 Å². The number of likely N-dealkylation sites (N-methyl/N-ethyl adjacent to an activating group) is 1. The highest BCUT2D eigenvalue weighted by Gasteiger charge is 2.36. The molecule has 3 atom stereocenters. The van der Waals surface area contributed by atoms with E-state index in [1.54, 1.807) is 9.80 Å². The zero-order valence-corrected chi connectivity index (χ0v) is 20.7. The minimum atomic E-state index is -0.321. The summed E-state index contributed by atoms with van der Waals surface area (Å²) in [5.41, 5.74) is 1.54. The Kier molecular flexibility index (Phi) is 8.09. The van der Waals surface area contributed by atoms with Crippen molar-refractivity contribution >= 4 is 11.8 Å². The molecule has 34 heavy (non-hydrogen) atoms. The van der Waals surface area contributed by atoms with Crippen LogP contribution < -0.4 is 4.74 Å². The molecule has 0 unspecified atom stereocenters. The van der Waals surface area contributed by atoms with Crippen LogP contribution in [0.15, 0.2) is 12.3 Å². The van der Waals surface area contributed by atoms with Crippen LogP contribution in [-0.2, 0) is 9.53 Å². The molecule has 1 saturated heterocycles. The van der Waals surface area contributed by atoms with Crippen LogP contribution in [0.3, 0.4) is 0 Å². The first-order valence-corrected chi connectivity index (χ1v) is 12.8. The van der Waals surface area contributed by atoms with Crippen molar-refractivity contribution < 1.29 is 24.2 Å². The summed E-state index contributed by atoms with van der Waals surface area (Å²) in [6.07, 6.45) is 7.65. The van der Waals surface area contributed by atoms with Crippen molar-refractivity contribution in [3.8, 4) is 5.88 Å². The first kappa shape index (κ1) is 24.9. The third-order valence-corrected chi connectivity index (χ3v) is 7.77. The first-order chi connectivity index (χ1) is 16.4. The Hall–Kier alpha value is -2.19. The second-order valence-corrected chi connectivity index (χ2v) is 10.3. The zero-order valence-electron chi connectivity index (χ0n) is 20.7. The maximum absolute atomic E-state index is 13.6. The molecule has 2 amide bonds. The topological polar surface area (TPSA) is 92.2 Å². The van der Waals surface area contributed by atoms with Crippen molar-refractivity contribution in [2.45, 2.75) is 70.4 Å². The summed E-state index contributed by atoms with van der Waals surface area (Å²) in [4.78, 5) is 34.7. The van der Waals surface area contributed by atoms with Crippen LogP contribution in [0.1, 0.15) is 74.2 Å². The Balaban J connectivity index is 1.60. The molecular weight excluding hydrogens is 434 g/mol. The summed E-state index contributed by atoms with van der Waals surface area (Å²) in [7, 11) is 1.82. The molecule has 3 aliphatic rings. The van der Waals surface area contributed by atoms with Gasteiger partial charge >= 0.3 is 0 Å². The molecule has 8 heteroatoms. The Morgan fingerprint density at radius 1 is 1.26 bits per heavy atom. The molecule has 0 aromatic carbocycles. The highest BCUT2D eigenvalue weighted by molar-refractivity contribution is 5.97. The number of aliphatic hydroxyl groups is 1. The number of hydrogen-bond acceptors (Lipinski definition) is 6. The first-order valence-electron chi connectivity index (χ1n) is 12.8. The van der Waals surface area contributed by atoms with Crippen molar-refractivity contribution in [3.63, 3.8) is 0 Å². The number of aromatic nitrogens is 1. The van der Waals surface area contributed by atoms with E-state index in [1.165, 1.54) is 12.8 Å². The van der Waals surface area contributed by atoms with E-state index in [2.05, 4.69) is 4.98 Å². The quantitative estimate of drug-likeness (QED) is 0.683. The van der Waals surface area contributed by atoms with Crippen LogP contribution in [-0.4, -0.2) is 83.8 Å². The minimum absolute atomic E-state index is 0.0190. The lowest BCUT2D eigenvalue weighted by Crippen LogP contribution is -2.51. The van der Waals surface area contributed by atoms with Crippen LogP contribution in [0.2, 0.25) is 0 Å². The normalized spacial score (nSPS) is 25.3. The van der Waals surface area contributed by atoms with Gasteiger partial charge in [-0.05, 0) is 50.2 Å². The molecule has 0 bridgehead atoms. The standard InChI is InChI=1S/C26H39N3O5/c1-17-14-29(18(2)16-30)26(32)22-12-21(19-6-4-5-7-19)13-27-24(22)34-23(17)15-28(3)25(31)20-8-10-33-11-9-20/h12-13,17-20,23,30H,4-11,14-16H2,1-3H3/t17-,18-,23+/m0/s1. The molecule has 0 spiro atoms. The van der Waals surface area contributed by atoms with E-state index in [0.717, 1.165) is 31.2 Å². The lowest BCUT2D eigenvalue weighted by atomic mass is 9.95. The van der Waals surface area contributed by atoms with Gasteiger partial charge in [0.05, 0.1) is 19.2 Å². The van der Waals surface area contributed by atoms with Crippen molar-refractivity contribution in [2.24, 2.45) is 11.8 Å². The van der Waals surface area contributed by atoms with Crippen molar-refractivity contribution in [3.05, 3.63) is 23.4 Å². The molecule has 2 aliphatic heterocycles. The van der Waals surface area contributed by atoms with Gasteiger partial charge in [0.15, 0.2) is 0 Å². The maximum atomic E-state index is 13.6.